The summed E-state index contributed by atoms with van der Waals surface area (Å²) in [7, 11) is 0. The Morgan fingerprint density at radius 3 is 2.69 bits per heavy atom. The van der Waals surface area contributed by atoms with Crippen LogP contribution in [0.2, 0.25) is 5.02 Å². The van der Waals surface area contributed by atoms with Crippen molar-refractivity contribution in [2.75, 3.05) is 0 Å². The molecule has 0 aromatic carbocycles. The van der Waals surface area contributed by atoms with Crippen LogP contribution >= 0.6 is 23.2 Å². The Morgan fingerprint density at radius 1 is 1.46 bits per heavy atom. The van der Waals surface area contributed by atoms with Crippen molar-refractivity contribution in [3.63, 3.8) is 0 Å². The Bertz CT molecular complexity index is 296. The summed E-state index contributed by atoms with van der Waals surface area (Å²) in [6.07, 6.45) is 0. The average molecular weight is 228 g/mol. The Kier molecular flexibility index (Phi) is 3.69. The third-order valence-corrected chi connectivity index (χ3v) is 1.83. The summed E-state index contributed by atoms with van der Waals surface area (Å²) >= 11 is 11.1. The highest BCUT2D eigenvalue weighted by atomic mass is 35.5. The number of hydrogen-bond acceptors (Lipinski definition) is 2. The molecule has 0 aliphatic heterocycles. The second-order valence-electron chi connectivity index (χ2n) is 2.09. The van der Waals surface area contributed by atoms with Crippen molar-refractivity contribution in [1.29, 1.82) is 0 Å². The molecule has 0 unspecified atom stereocenters. The molecule has 0 atom stereocenters. The van der Waals surface area contributed by atoms with Gasteiger partial charge < -0.3 is 4.74 Å². The number of pyridine rings is 1. The standard InChI is InChI=1S/C7H5Cl2F2NO/c8-3-5-4(9)1-2-6(12-5)13-7(10)11/h1-2,7H,3H2. The van der Waals surface area contributed by atoms with Gasteiger partial charge in [0.2, 0.25) is 5.88 Å². The first kappa shape index (κ1) is 10.5. The normalized spacial score (nSPS) is 10.5. The molecule has 1 aromatic heterocycles. The van der Waals surface area contributed by atoms with Crippen LogP contribution in [0.4, 0.5) is 8.78 Å². The third-order valence-electron chi connectivity index (χ3n) is 1.23. The number of aromatic nitrogens is 1. The summed E-state index contributed by atoms with van der Waals surface area (Å²) in [4.78, 5) is 3.66. The predicted octanol–water partition coefficient (Wildman–Crippen LogP) is 3.08. The maximum atomic E-state index is 11.7. The minimum absolute atomic E-state index is 0.0548. The summed E-state index contributed by atoms with van der Waals surface area (Å²) in [6, 6.07) is 2.66. The molecule has 0 saturated heterocycles. The number of nitrogens with zero attached hydrogens (tertiary/aromatic N) is 1. The van der Waals surface area contributed by atoms with Crippen LogP contribution in [0, 0.1) is 0 Å². The van der Waals surface area contributed by atoms with E-state index in [-0.39, 0.29) is 11.8 Å². The highest BCUT2D eigenvalue weighted by Crippen LogP contribution is 2.20. The van der Waals surface area contributed by atoms with Crippen LogP contribution in [0.1, 0.15) is 5.69 Å². The molecule has 2 nitrogen and oxygen atoms in total. The van der Waals surface area contributed by atoms with Gasteiger partial charge in [-0.05, 0) is 6.07 Å². The zero-order valence-corrected chi connectivity index (χ0v) is 7.82. The molecule has 72 valence electrons. The molecule has 0 amide bonds. The van der Waals surface area contributed by atoms with Crippen LogP contribution in [0.3, 0.4) is 0 Å². The van der Waals surface area contributed by atoms with Crippen LogP contribution in [0.25, 0.3) is 0 Å². The Hall–Kier alpha value is -0.610. The fraction of sp³-hybridized carbons (Fsp3) is 0.286. The molecular formula is C7H5Cl2F2NO. The molecule has 0 fully saturated rings. The molecule has 1 aromatic rings. The Balaban J connectivity index is 2.86. The first-order chi connectivity index (χ1) is 6.13. The van der Waals surface area contributed by atoms with Crippen molar-refractivity contribution in [3.05, 3.63) is 22.8 Å². The van der Waals surface area contributed by atoms with Gasteiger partial charge in [0.05, 0.1) is 16.6 Å². The van der Waals surface area contributed by atoms with Crippen molar-refractivity contribution in [3.8, 4) is 5.88 Å². The van der Waals surface area contributed by atoms with E-state index in [0.29, 0.717) is 10.7 Å². The molecule has 13 heavy (non-hydrogen) atoms. The van der Waals surface area contributed by atoms with E-state index >= 15 is 0 Å². The van der Waals surface area contributed by atoms with Gasteiger partial charge in [-0.15, -0.1) is 11.6 Å². The fourth-order valence-corrected chi connectivity index (χ4v) is 1.16. The first-order valence-corrected chi connectivity index (χ1v) is 4.21. The van der Waals surface area contributed by atoms with E-state index in [1.54, 1.807) is 0 Å². The van der Waals surface area contributed by atoms with Crippen LogP contribution in [-0.4, -0.2) is 11.6 Å². The summed E-state index contributed by atoms with van der Waals surface area (Å²) in [5.41, 5.74) is 0.321. The second kappa shape index (κ2) is 4.58. The lowest BCUT2D eigenvalue weighted by molar-refractivity contribution is -0.0529. The van der Waals surface area contributed by atoms with Gasteiger partial charge in [0.25, 0.3) is 0 Å². The van der Waals surface area contributed by atoms with E-state index in [4.69, 9.17) is 23.2 Å². The van der Waals surface area contributed by atoms with Crippen molar-refractivity contribution in [1.82, 2.24) is 4.98 Å². The van der Waals surface area contributed by atoms with Gasteiger partial charge in [-0.2, -0.15) is 8.78 Å². The maximum absolute atomic E-state index is 11.7. The molecule has 0 aliphatic rings. The van der Waals surface area contributed by atoms with E-state index in [1.165, 1.54) is 12.1 Å². The topological polar surface area (TPSA) is 22.1 Å². The lowest BCUT2D eigenvalue weighted by Crippen LogP contribution is -2.04. The monoisotopic (exact) mass is 227 g/mol. The van der Waals surface area contributed by atoms with Gasteiger partial charge >= 0.3 is 6.61 Å². The molecule has 0 aliphatic carbocycles. The second-order valence-corrected chi connectivity index (χ2v) is 2.76. The number of hydrogen-bond donors (Lipinski definition) is 0. The predicted molar refractivity (Wildman–Crippen MR) is 45.4 cm³/mol. The van der Waals surface area contributed by atoms with Gasteiger partial charge in [0, 0.05) is 6.07 Å². The molecule has 0 saturated carbocycles. The van der Waals surface area contributed by atoms with E-state index < -0.39 is 6.61 Å². The lowest BCUT2D eigenvalue weighted by atomic mass is 10.4. The average Bonchev–Trinajstić information content (AvgIpc) is 2.07. The molecule has 1 heterocycles. The quantitative estimate of drug-likeness (QED) is 0.741. The van der Waals surface area contributed by atoms with E-state index in [9.17, 15) is 8.78 Å². The Morgan fingerprint density at radius 2 is 2.15 bits per heavy atom. The minimum atomic E-state index is -2.89. The van der Waals surface area contributed by atoms with Crippen LogP contribution in [-0.2, 0) is 5.88 Å². The molecule has 0 spiro atoms. The van der Waals surface area contributed by atoms with Crippen molar-refractivity contribution < 1.29 is 13.5 Å². The number of ether oxygens (including phenoxy) is 1. The van der Waals surface area contributed by atoms with Crippen molar-refractivity contribution >= 4 is 23.2 Å². The SMILES string of the molecule is FC(F)Oc1ccc(Cl)c(CCl)n1. The van der Waals surface area contributed by atoms with Crippen LogP contribution in [0.15, 0.2) is 12.1 Å². The van der Waals surface area contributed by atoms with Crippen LogP contribution in [0.5, 0.6) is 5.88 Å². The molecule has 0 N–H and O–H groups in total. The smallest absolute Gasteiger partial charge is 0.388 e. The van der Waals surface area contributed by atoms with Crippen molar-refractivity contribution in [2.24, 2.45) is 0 Å². The fourth-order valence-electron chi connectivity index (χ4n) is 0.715. The zero-order valence-electron chi connectivity index (χ0n) is 6.31. The molecule has 1 rings (SSSR count). The maximum Gasteiger partial charge on any atom is 0.388 e. The molecule has 0 radical (unpaired) electrons. The largest absolute Gasteiger partial charge is 0.417 e. The van der Waals surface area contributed by atoms with Crippen molar-refractivity contribution in [2.45, 2.75) is 12.5 Å². The molecule has 0 bridgehead atoms. The van der Waals surface area contributed by atoms with Gasteiger partial charge in [0.15, 0.2) is 0 Å². The zero-order chi connectivity index (χ0) is 9.84. The molecular weight excluding hydrogens is 223 g/mol. The number of halogens is 4. The summed E-state index contributed by atoms with van der Waals surface area (Å²) in [5.74, 6) is -0.130. The highest BCUT2D eigenvalue weighted by Gasteiger charge is 2.08. The first-order valence-electron chi connectivity index (χ1n) is 3.29. The number of alkyl halides is 3. The van der Waals surface area contributed by atoms with E-state index in [0.717, 1.165) is 0 Å². The number of rotatable bonds is 3. The minimum Gasteiger partial charge on any atom is -0.417 e. The summed E-state index contributed by atoms with van der Waals surface area (Å²) in [6.45, 7) is -2.89. The van der Waals surface area contributed by atoms with E-state index in [2.05, 4.69) is 9.72 Å². The van der Waals surface area contributed by atoms with Gasteiger partial charge in [-0.25, -0.2) is 4.98 Å². The van der Waals surface area contributed by atoms with Gasteiger partial charge in [0.1, 0.15) is 0 Å². The summed E-state index contributed by atoms with van der Waals surface area (Å²) in [5, 5.41) is 0.330. The van der Waals surface area contributed by atoms with Gasteiger partial charge in [-0.1, -0.05) is 11.6 Å². The van der Waals surface area contributed by atoms with Crippen LogP contribution < -0.4 is 4.74 Å². The summed E-state index contributed by atoms with van der Waals surface area (Å²) < 4.78 is 27.5. The highest BCUT2D eigenvalue weighted by molar-refractivity contribution is 6.32. The third kappa shape index (κ3) is 2.97. The van der Waals surface area contributed by atoms with E-state index in [1.807, 2.05) is 0 Å². The lowest BCUT2D eigenvalue weighted by Gasteiger charge is -2.05. The van der Waals surface area contributed by atoms with Gasteiger partial charge in [-0.3, -0.25) is 0 Å². The Labute approximate surface area is 83.4 Å². The molecule has 6 heteroatoms.